The van der Waals surface area contributed by atoms with Gasteiger partial charge in [-0.3, -0.25) is 4.79 Å². The van der Waals surface area contributed by atoms with Crippen LogP contribution in [0.1, 0.15) is 5.56 Å². The number of hydrogen-bond donors (Lipinski definition) is 0. The van der Waals surface area contributed by atoms with Gasteiger partial charge in [0.15, 0.2) is 0 Å². The second-order valence-electron chi connectivity index (χ2n) is 3.99. The van der Waals surface area contributed by atoms with Crippen LogP contribution in [0.25, 0.3) is 6.08 Å². The summed E-state index contributed by atoms with van der Waals surface area (Å²) in [7, 11) is 4.00. The van der Waals surface area contributed by atoms with Crippen molar-refractivity contribution in [3.8, 4) is 0 Å². The van der Waals surface area contributed by atoms with Crippen LogP contribution in [0, 0.1) is 0 Å². The van der Waals surface area contributed by atoms with E-state index >= 15 is 0 Å². The number of carbonyl (C=O) groups excluding carboxylic acids is 1. The fourth-order valence-electron chi connectivity index (χ4n) is 1.50. The van der Waals surface area contributed by atoms with Crippen LogP contribution >= 0.6 is 23.5 Å². The first kappa shape index (κ1) is 13.2. The lowest BCUT2D eigenvalue weighted by Gasteiger charge is -2.11. The lowest BCUT2D eigenvalue weighted by molar-refractivity contribution is -0.107. The summed E-state index contributed by atoms with van der Waals surface area (Å²) < 4.78 is 0.816. The minimum atomic E-state index is 0.0241. The summed E-state index contributed by atoms with van der Waals surface area (Å²) >= 11 is 2.70. The van der Waals surface area contributed by atoms with Gasteiger partial charge in [0, 0.05) is 19.8 Å². The maximum absolute atomic E-state index is 11.7. The summed E-state index contributed by atoms with van der Waals surface area (Å²) in [4.78, 5) is 18.0. The minimum Gasteiger partial charge on any atom is -0.378 e. The largest absolute Gasteiger partial charge is 0.378 e. The average molecular weight is 278 g/mol. The van der Waals surface area contributed by atoms with Gasteiger partial charge in [0.05, 0.1) is 0 Å². The first-order chi connectivity index (χ1) is 8.60. The van der Waals surface area contributed by atoms with E-state index in [1.54, 1.807) is 0 Å². The predicted octanol–water partition coefficient (Wildman–Crippen LogP) is 3.09. The number of carbonyl (C=O) groups is 1. The van der Waals surface area contributed by atoms with Gasteiger partial charge in [-0.05, 0) is 41.8 Å². The molecule has 0 saturated carbocycles. The highest BCUT2D eigenvalue weighted by Crippen LogP contribution is 2.29. The maximum Gasteiger partial charge on any atom is 0.244 e. The first-order valence-corrected chi connectivity index (χ1v) is 7.48. The molecule has 0 spiro atoms. The third-order valence-corrected chi connectivity index (χ3v) is 4.34. The molecule has 94 valence electrons. The summed E-state index contributed by atoms with van der Waals surface area (Å²) in [5.74, 6) is 0. The van der Waals surface area contributed by atoms with E-state index < -0.39 is 0 Å². The smallest absolute Gasteiger partial charge is 0.244 e. The van der Waals surface area contributed by atoms with Crippen molar-refractivity contribution in [2.45, 2.75) is 0 Å². The molecule has 1 aromatic carbocycles. The zero-order chi connectivity index (χ0) is 13.1. The average Bonchev–Trinajstić information content (AvgIpc) is 2.71. The molecule has 0 unspecified atom stereocenters. The van der Waals surface area contributed by atoms with E-state index in [0.717, 1.165) is 15.6 Å². The lowest BCUT2D eigenvalue weighted by Crippen LogP contribution is -2.07. The van der Waals surface area contributed by atoms with Crippen molar-refractivity contribution in [1.29, 1.82) is 0 Å². The van der Waals surface area contributed by atoms with E-state index in [4.69, 9.17) is 0 Å². The van der Waals surface area contributed by atoms with Crippen LogP contribution in [0.15, 0.2) is 35.0 Å². The number of hydrogen-bond acceptors (Lipinski definition) is 5. The molecular formula is C13H14N2OS2. The van der Waals surface area contributed by atoms with E-state index in [1.807, 2.05) is 55.6 Å². The van der Waals surface area contributed by atoms with Crippen molar-refractivity contribution < 1.29 is 4.79 Å². The summed E-state index contributed by atoms with van der Waals surface area (Å²) in [6, 6.07) is 8.04. The molecular weight excluding hydrogens is 264 g/mol. The molecule has 18 heavy (non-hydrogen) atoms. The Morgan fingerprint density at radius 2 is 1.94 bits per heavy atom. The van der Waals surface area contributed by atoms with Gasteiger partial charge in [-0.25, -0.2) is 4.99 Å². The number of rotatable bonds is 2. The van der Waals surface area contributed by atoms with Crippen LogP contribution in [0.3, 0.4) is 0 Å². The summed E-state index contributed by atoms with van der Waals surface area (Å²) in [6.45, 7) is 0. The fraction of sp³-hybridized carbons (Fsp3) is 0.231. The Hall–Kier alpha value is -1.20. The molecule has 1 aromatic rings. The van der Waals surface area contributed by atoms with Crippen LogP contribution in [0.5, 0.6) is 0 Å². The highest BCUT2D eigenvalue weighted by molar-refractivity contribution is 8.45. The van der Waals surface area contributed by atoms with Crippen LogP contribution in [-0.4, -0.2) is 29.8 Å². The van der Waals surface area contributed by atoms with E-state index in [2.05, 4.69) is 4.99 Å². The molecule has 0 fully saturated rings. The van der Waals surface area contributed by atoms with Crippen molar-refractivity contribution in [2.75, 3.05) is 25.3 Å². The normalized spacial score (nSPS) is 17.2. The molecule has 0 radical (unpaired) electrons. The Labute approximate surface area is 115 Å². The number of anilines is 1. The number of benzene rings is 1. The summed E-state index contributed by atoms with van der Waals surface area (Å²) in [6.07, 6.45) is 3.76. The number of thioether (sulfide) groups is 2. The fourth-order valence-corrected chi connectivity index (χ4v) is 2.77. The first-order valence-electron chi connectivity index (χ1n) is 5.44. The van der Waals surface area contributed by atoms with Crippen LogP contribution in [0.4, 0.5) is 5.69 Å². The molecule has 2 rings (SSSR count). The molecule has 0 atom stereocenters. The van der Waals surface area contributed by atoms with Gasteiger partial charge in [0.1, 0.15) is 10.1 Å². The van der Waals surface area contributed by atoms with E-state index in [0.29, 0.717) is 5.70 Å². The Morgan fingerprint density at radius 1 is 1.28 bits per heavy atom. The summed E-state index contributed by atoms with van der Waals surface area (Å²) in [5, 5.41) is 0.0241. The molecule has 1 heterocycles. The van der Waals surface area contributed by atoms with Crippen molar-refractivity contribution in [3.63, 3.8) is 0 Å². The summed E-state index contributed by atoms with van der Waals surface area (Å²) in [5.41, 5.74) is 2.66. The molecule has 0 N–H and O–H groups in total. The second-order valence-corrected chi connectivity index (χ2v) is 6.00. The van der Waals surface area contributed by atoms with E-state index in [1.165, 1.54) is 23.5 Å². The third-order valence-electron chi connectivity index (χ3n) is 2.49. The van der Waals surface area contributed by atoms with Crippen molar-refractivity contribution in [3.05, 3.63) is 35.5 Å². The van der Waals surface area contributed by atoms with Crippen molar-refractivity contribution in [1.82, 2.24) is 0 Å². The molecule has 5 heteroatoms. The second kappa shape index (κ2) is 5.63. The van der Waals surface area contributed by atoms with Crippen LogP contribution in [0.2, 0.25) is 0 Å². The van der Waals surface area contributed by atoms with Crippen LogP contribution < -0.4 is 4.90 Å². The van der Waals surface area contributed by atoms with Crippen molar-refractivity contribution >= 4 is 44.8 Å². The molecule has 0 aromatic heterocycles. The van der Waals surface area contributed by atoms with Gasteiger partial charge in [0.25, 0.3) is 0 Å². The highest BCUT2D eigenvalue weighted by atomic mass is 32.2. The van der Waals surface area contributed by atoms with Gasteiger partial charge in [-0.15, -0.1) is 11.8 Å². The molecule has 1 aliphatic rings. The molecule has 1 aliphatic heterocycles. The standard InChI is InChI=1S/C13H14N2OS2/c1-15(2)10-6-4-9(5-7-10)8-11-12(16)18-13(14-11)17-3/h4-8H,1-3H3/b11-8-. The lowest BCUT2D eigenvalue weighted by atomic mass is 10.1. The van der Waals surface area contributed by atoms with Gasteiger partial charge in [-0.1, -0.05) is 12.1 Å². The van der Waals surface area contributed by atoms with Gasteiger partial charge in [0.2, 0.25) is 5.12 Å². The zero-order valence-electron chi connectivity index (χ0n) is 10.5. The molecule has 0 bridgehead atoms. The third kappa shape index (κ3) is 2.97. The zero-order valence-corrected chi connectivity index (χ0v) is 12.1. The van der Waals surface area contributed by atoms with Gasteiger partial charge < -0.3 is 4.90 Å². The van der Waals surface area contributed by atoms with Gasteiger partial charge >= 0.3 is 0 Å². The highest BCUT2D eigenvalue weighted by Gasteiger charge is 2.21. The molecule has 0 aliphatic carbocycles. The SMILES string of the molecule is CSC1=N/C(=C\c2ccc(N(C)C)cc2)C(=O)S1. The predicted molar refractivity (Wildman–Crippen MR) is 82.3 cm³/mol. The monoisotopic (exact) mass is 278 g/mol. The van der Waals surface area contributed by atoms with Crippen molar-refractivity contribution in [2.24, 2.45) is 4.99 Å². The maximum atomic E-state index is 11.7. The van der Waals surface area contributed by atoms with Crippen LogP contribution in [-0.2, 0) is 4.79 Å². The van der Waals surface area contributed by atoms with Gasteiger partial charge in [-0.2, -0.15) is 0 Å². The molecule has 0 amide bonds. The Kier molecular flexibility index (Phi) is 4.14. The quantitative estimate of drug-likeness (QED) is 0.778. The number of nitrogens with zero attached hydrogens (tertiary/aromatic N) is 2. The number of aliphatic imine (C=N–C) groups is 1. The topological polar surface area (TPSA) is 32.7 Å². The minimum absolute atomic E-state index is 0.0241. The Bertz CT molecular complexity index is 518. The molecule has 3 nitrogen and oxygen atoms in total. The van der Waals surface area contributed by atoms with E-state index in [9.17, 15) is 4.79 Å². The Balaban J connectivity index is 2.23. The molecule has 0 saturated heterocycles. The van der Waals surface area contributed by atoms with E-state index in [-0.39, 0.29) is 5.12 Å². The Morgan fingerprint density at radius 3 is 2.44 bits per heavy atom.